The summed E-state index contributed by atoms with van der Waals surface area (Å²) in [6.07, 6.45) is 1.98. The monoisotopic (exact) mass is 228 g/mol. The Morgan fingerprint density at radius 2 is 2.00 bits per heavy atom. The maximum Gasteiger partial charge on any atom is 0.305 e. The van der Waals surface area contributed by atoms with Crippen LogP contribution in [0, 0.1) is 11.8 Å². The van der Waals surface area contributed by atoms with E-state index in [1.807, 2.05) is 13.8 Å². The second-order valence-electron chi connectivity index (χ2n) is 4.82. The molecule has 1 amide bonds. The van der Waals surface area contributed by atoms with E-state index in [0.29, 0.717) is 5.92 Å². The molecule has 0 bridgehead atoms. The third kappa shape index (κ3) is 3.81. The number of carbonyl (C=O) groups is 2. The maximum atomic E-state index is 11.7. The summed E-state index contributed by atoms with van der Waals surface area (Å²) < 4.78 is 0. The highest BCUT2D eigenvalue weighted by molar-refractivity contribution is 5.82. The minimum atomic E-state index is -0.879. The number of carboxylic acid groups (broad SMARTS) is 1. The van der Waals surface area contributed by atoms with E-state index < -0.39 is 12.0 Å². The molecular weight excluding hydrogens is 208 g/mol. The Labute approximate surface area is 95.4 Å². The van der Waals surface area contributed by atoms with E-state index in [4.69, 9.17) is 10.8 Å². The molecule has 92 valence electrons. The second-order valence-corrected chi connectivity index (χ2v) is 4.82. The minimum absolute atomic E-state index is 0.0127. The Morgan fingerprint density at radius 3 is 2.38 bits per heavy atom. The average molecular weight is 228 g/mol. The maximum absolute atomic E-state index is 11.7. The Hall–Kier alpha value is -1.10. The fraction of sp³-hybridized carbons (Fsp3) is 0.818. The highest BCUT2D eigenvalue weighted by Crippen LogP contribution is 2.34. The zero-order chi connectivity index (χ0) is 12.3. The number of aliphatic carboxylic acids is 1. The van der Waals surface area contributed by atoms with Crippen LogP contribution in [-0.2, 0) is 9.59 Å². The summed E-state index contributed by atoms with van der Waals surface area (Å²) in [6.45, 7) is 3.74. The lowest BCUT2D eigenvalue weighted by atomic mass is 10.0. The van der Waals surface area contributed by atoms with Gasteiger partial charge >= 0.3 is 5.97 Å². The van der Waals surface area contributed by atoms with Crippen LogP contribution >= 0.6 is 0 Å². The Kier molecular flexibility index (Phi) is 4.29. The zero-order valence-electron chi connectivity index (χ0n) is 9.77. The van der Waals surface area contributed by atoms with Crippen LogP contribution in [0.5, 0.6) is 0 Å². The van der Waals surface area contributed by atoms with Gasteiger partial charge in [-0.15, -0.1) is 0 Å². The molecule has 0 aromatic heterocycles. The fourth-order valence-corrected chi connectivity index (χ4v) is 1.60. The van der Waals surface area contributed by atoms with Crippen molar-refractivity contribution < 1.29 is 14.7 Å². The molecular formula is C11H20N2O3. The van der Waals surface area contributed by atoms with Gasteiger partial charge in [-0.3, -0.25) is 9.59 Å². The molecule has 2 atom stereocenters. The van der Waals surface area contributed by atoms with Crippen LogP contribution in [0.4, 0.5) is 0 Å². The van der Waals surface area contributed by atoms with Crippen molar-refractivity contribution in [2.45, 2.75) is 45.2 Å². The number of carbonyl (C=O) groups excluding carboxylic acids is 1. The first-order chi connectivity index (χ1) is 7.41. The lowest BCUT2D eigenvalue weighted by molar-refractivity contribution is -0.138. The van der Waals surface area contributed by atoms with Crippen molar-refractivity contribution in [2.24, 2.45) is 17.6 Å². The quantitative estimate of drug-likeness (QED) is 0.611. The molecule has 0 heterocycles. The van der Waals surface area contributed by atoms with E-state index in [1.165, 1.54) is 0 Å². The van der Waals surface area contributed by atoms with Gasteiger partial charge in [0.1, 0.15) is 0 Å². The van der Waals surface area contributed by atoms with Crippen LogP contribution in [0.3, 0.4) is 0 Å². The van der Waals surface area contributed by atoms with E-state index in [9.17, 15) is 9.59 Å². The van der Waals surface area contributed by atoms with Crippen molar-refractivity contribution >= 4 is 11.9 Å². The molecule has 1 aliphatic carbocycles. The fourth-order valence-electron chi connectivity index (χ4n) is 1.60. The van der Waals surface area contributed by atoms with E-state index in [0.717, 1.165) is 12.8 Å². The number of nitrogens with one attached hydrogen (secondary N) is 1. The van der Waals surface area contributed by atoms with Gasteiger partial charge < -0.3 is 16.2 Å². The van der Waals surface area contributed by atoms with E-state index >= 15 is 0 Å². The lowest BCUT2D eigenvalue weighted by Crippen LogP contribution is -2.49. The van der Waals surface area contributed by atoms with Gasteiger partial charge in [0, 0.05) is 6.04 Å². The normalized spacial score (nSPS) is 19.2. The molecule has 1 rings (SSSR count). The average Bonchev–Trinajstić information content (AvgIpc) is 2.97. The standard InChI is InChI=1S/C11H20N2O3/c1-6(2)10(12)11(16)13-8(5-9(14)15)7-3-4-7/h6-8,10H,3-5,12H2,1-2H3,(H,13,16)(H,14,15)/t8?,10-/m0/s1. The van der Waals surface area contributed by atoms with Gasteiger partial charge in [-0.25, -0.2) is 0 Å². The van der Waals surface area contributed by atoms with Crippen LogP contribution in [0.25, 0.3) is 0 Å². The molecule has 1 saturated carbocycles. The van der Waals surface area contributed by atoms with Crippen molar-refractivity contribution in [1.82, 2.24) is 5.32 Å². The molecule has 1 fully saturated rings. The number of nitrogens with two attached hydrogens (primary N) is 1. The summed E-state index contributed by atoms with van der Waals surface area (Å²) in [5.41, 5.74) is 5.70. The van der Waals surface area contributed by atoms with Gasteiger partial charge in [-0.1, -0.05) is 13.8 Å². The molecule has 1 aliphatic rings. The summed E-state index contributed by atoms with van der Waals surface area (Å²) in [6, 6.07) is -0.815. The summed E-state index contributed by atoms with van der Waals surface area (Å²) in [4.78, 5) is 22.3. The highest BCUT2D eigenvalue weighted by Gasteiger charge is 2.34. The molecule has 0 radical (unpaired) electrons. The smallest absolute Gasteiger partial charge is 0.305 e. The Balaban J connectivity index is 2.47. The van der Waals surface area contributed by atoms with Gasteiger partial charge in [-0.05, 0) is 24.7 Å². The van der Waals surface area contributed by atoms with E-state index in [1.54, 1.807) is 0 Å². The number of hydrogen-bond acceptors (Lipinski definition) is 3. The van der Waals surface area contributed by atoms with Crippen LogP contribution < -0.4 is 11.1 Å². The SMILES string of the molecule is CC(C)[C@H](N)C(=O)NC(CC(=O)O)C1CC1. The molecule has 0 spiro atoms. The number of amides is 1. The topological polar surface area (TPSA) is 92.4 Å². The minimum Gasteiger partial charge on any atom is -0.481 e. The first-order valence-electron chi connectivity index (χ1n) is 5.69. The number of rotatable bonds is 6. The van der Waals surface area contributed by atoms with Crippen molar-refractivity contribution in [1.29, 1.82) is 0 Å². The molecule has 0 aromatic rings. The van der Waals surface area contributed by atoms with Gasteiger partial charge in [0.05, 0.1) is 12.5 Å². The van der Waals surface area contributed by atoms with Crippen molar-refractivity contribution in [2.75, 3.05) is 0 Å². The van der Waals surface area contributed by atoms with Crippen LogP contribution in [0.15, 0.2) is 0 Å². The summed E-state index contributed by atoms with van der Waals surface area (Å²) in [5.74, 6) is -0.743. The number of hydrogen-bond donors (Lipinski definition) is 3. The predicted molar refractivity (Wildman–Crippen MR) is 59.7 cm³/mol. The summed E-state index contributed by atoms with van der Waals surface area (Å²) >= 11 is 0. The molecule has 0 aliphatic heterocycles. The summed E-state index contributed by atoms with van der Waals surface area (Å²) in [7, 11) is 0. The van der Waals surface area contributed by atoms with Gasteiger partial charge in [-0.2, -0.15) is 0 Å². The zero-order valence-corrected chi connectivity index (χ0v) is 9.77. The molecule has 0 aromatic carbocycles. The van der Waals surface area contributed by atoms with E-state index in [2.05, 4.69) is 5.32 Å². The Morgan fingerprint density at radius 1 is 1.44 bits per heavy atom. The Bertz CT molecular complexity index is 274. The lowest BCUT2D eigenvalue weighted by Gasteiger charge is -2.21. The summed E-state index contributed by atoms with van der Waals surface area (Å²) in [5, 5.41) is 11.5. The molecule has 0 saturated heterocycles. The van der Waals surface area contributed by atoms with Crippen LogP contribution in [0.2, 0.25) is 0 Å². The molecule has 5 nitrogen and oxygen atoms in total. The van der Waals surface area contributed by atoms with Crippen molar-refractivity contribution in [3.05, 3.63) is 0 Å². The van der Waals surface area contributed by atoms with Gasteiger partial charge in [0.25, 0.3) is 0 Å². The second kappa shape index (κ2) is 5.30. The third-order valence-electron chi connectivity index (χ3n) is 2.93. The number of carboxylic acids is 1. The molecule has 16 heavy (non-hydrogen) atoms. The third-order valence-corrected chi connectivity index (χ3v) is 2.93. The van der Waals surface area contributed by atoms with Crippen LogP contribution in [0.1, 0.15) is 33.1 Å². The first kappa shape index (κ1) is 13.0. The molecule has 1 unspecified atom stereocenters. The van der Waals surface area contributed by atoms with Crippen molar-refractivity contribution in [3.63, 3.8) is 0 Å². The first-order valence-corrected chi connectivity index (χ1v) is 5.69. The van der Waals surface area contributed by atoms with Gasteiger partial charge in [0.15, 0.2) is 0 Å². The van der Waals surface area contributed by atoms with Gasteiger partial charge in [0.2, 0.25) is 5.91 Å². The molecule has 4 N–H and O–H groups in total. The van der Waals surface area contributed by atoms with E-state index in [-0.39, 0.29) is 24.3 Å². The van der Waals surface area contributed by atoms with Crippen LogP contribution in [-0.4, -0.2) is 29.1 Å². The molecule has 5 heteroatoms. The van der Waals surface area contributed by atoms with Crippen molar-refractivity contribution in [3.8, 4) is 0 Å². The largest absolute Gasteiger partial charge is 0.481 e. The highest BCUT2D eigenvalue weighted by atomic mass is 16.4. The predicted octanol–water partition coefficient (Wildman–Crippen LogP) is 0.339.